The van der Waals surface area contributed by atoms with Crippen LogP contribution in [0.15, 0.2) is 133 Å². The summed E-state index contributed by atoms with van der Waals surface area (Å²) in [6.45, 7) is 12.6. The van der Waals surface area contributed by atoms with Crippen LogP contribution in [-0.4, -0.2) is 108 Å². The fourth-order valence-corrected chi connectivity index (χ4v) is 10.1. The Hall–Kier alpha value is -8.16. The van der Waals surface area contributed by atoms with Gasteiger partial charge in [0, 0.05) is 41.5 Å². The number of amides is 7. The Morgan fingerprint density at radius 2 is 1.10 bits per heavy atom. The van der Waals surface area contributed by atoms with Gasteiger partial charge in [-0.2, -0.15) is 0 Å². The molecule has 0 unspecified atom stereocenters. The van der Waals surface area contributed by atoms with Crippen molar-refractivity contribution in [1.82, 2.24) is 36.8 Å². The van der Waals surface area contributed by atoms with E-state index in [4.69, 9.17) is 42.1 Å². The first-order valence-electron chi connectivity index (χ1n) is 29.4. The molecule has 0 bridgehead atoms. The minimum atomic E-state index is -1.34. The van der Waals surface area contributed by atoms with Crippen LogP contribution in [0.2, 0.25) is 10.0 Å². The molecule has 19 nitrogen and oxygen atoms in total. The highest BCUT2D eigenvalue weighted by molar-refractivity contribution is 6.36. The second-order valence-electron chi connectivity index (χ2n) is 23.2. The number of hydrogen-bond donors (Lipinski definition) is 6. The van der Waals surface area contributed by atoms with Crippen molar-refractivity contribution in [1.29, 1.82) is 0 Å². The van der Waals surface area contributed by atoms with Gasteiger partial charge < -0.3 is 50.8 Å². The summed E-state index contributed by atoms with van der Waals surface area (Å²) in [6.07, 6.45) is -0.341. The van der Waals surface area contributed by atoms with Crippen molar-refractivity contribution < 1.29 is 57.3 Å². The molecular formula is C66H81Cl2N7O12. The monoisotopic (exact) mass is 1230 g/mol. The number of rotatable bonds is 29. The Kier molecular flexibility index (Phi) is 26.3. The first-order chi connectivity index (χ1) is 41.5. The number of nitrogens with zero attached hydrogens (tertiary/aromatic N) is 1. The number of nitrogens with one attached hydrogen (secondary N) is 6. The number of halogens is 2. The Labute approximate surface area is 519 Å². The predicted molar refractivity (Wildman–Crippen MR) is 331 cm³/mol. The van der Waals surface area contributed by atoms with Gasteiger partial charge in [-0.15, -0.1) is 0 Å². The third-order valence-electron chi connectivity index (χ3n) is 14.1. The van der Waals surface area contributed by atoms with E-state index in [0.717, 1.165) is 16.7 Å². The van der Waals surface area contributed by atoms with Gasteiger partial charge in [0.15, 0.2) is 0 Å². The van der Waals surface area contributed by atoms with E-state index in [1.54, 1.807) is 77.1 Å². The van der Waals surface area contributed by atoms with Gasteiger partial charge in [0.05, 0.1) is 0 Å². The molecule has 6 atom stereocenters. The molecule has 1 fully saturated rings. The van der Waals surface area contributed by atoms with Crippen molar-refractivity contribution in [2.24, 2.45) is 11.8 Å². The molecule has 21 heteroatoms. The zero-order valence-corrected chi connectivity index (χ0v) is 51.9. The molecule has 1 saturated heterocycles. The van der Waals surface area contributed by atoms with E-state index in [0.29, 0.717) is 39.8 Å². The molecule has 0 saturated carbocycles. The molecule has 6 N–H and O–H groups in total. The lowest BCUT2D eigenvalue weighted by molar-refractivity contribution is -0.149. The lowest BCUT2D eigenvalue weighted by atomic mass is 9.99. The standard InChI is InChI=1S/C66H81Cl2N7O12/c1-42(2)36-53(59(77)73-55(38-44-20-11-8-12-21-44)63(81)85-39-46-22-13-9-14-23-46)71-58(76)52(28-18-34-69-64(82)86-40-47-24-15-10-16-25-47)70-62(80)57(43(3)4)74-60(78)54(72-61(79)56-29-19-35-75(56)65(83)87-66(5,6)7)37-45-30-32-48(33-31-45)84-41-49-50(67)26-17-27-51(49)68/h8-17,20-27,30-33,42-43,52-57H,18-19,28-29,34-41H2,1-7H3,(H,69,82)(H,70,80)(H,71,76)(H,72,79)(H,73,77)(H,74,78)/t52-,53-,54+,55+,56-,57-/m0/s1. The van der Waals surface area contributed by atoms with Crippen LogP contribution in [0.25, 0.3) is 0 Å². The van der Waals surface area contributed by atoms with Crippen molar-refractivity contribution in [3.63, 3.8) is 0 Å². The van der Waals surface area contributed by atoms with Crippen molar-refractivity contribution in [2.45, 2.75) is 155 Å². The Morgan fingerprint density at radius 1 is 0.575 bits per heavy atom. The van der Waals surface area contributed by atoms with Gasteiger partial charge in [0.2, 0.25) is 29.5 Å². The molecule has 0 aromatic heterocycles. The van der Waals surface area contributed by atoms with Gasteiger partial charge in [0.1, 0.15) is 67.4 Å². The van der Waals surface area contributed by atoms with E-state index in [2.05, 4.69) is 31.9 Å². The van der Waals surface area contributed by atoms with Crippen molar-refractivity contribution in [3.05, 3.63) is 171 Å². The fourth-order valence-electron chi connectivity index (χ4n) is 9.55. The van der Waals surface area contributed by atoms with Gasteiger partial charge >= 0.3 is 18.2 Å². The summed E-state index contributed by atoms with van der Waals surface area (Å²) < 4.78 is 22.7. The third-order valence-corrected chi connectivity index (χ3v) is 14.8. The minimum Gasteiger partial charge on any atom is -0.489 e. The Bertz CT molecular complexity index is 3060. The van der Waals surface area contributed by atoms with Crippen molar-refractivity contribution in [2.75, 3.05) is 13.1 Å². The minimum absolute atomic E-state index is 0.0184. The average Bonchev–Trinajstić information content (AvgIpc) is 3.36. The van der Waals surface area contributed by atoms with Crippen LogP contribution < -0.4 is 36.6 Å². The van der Waals surface area contributed by atoms with E-state index in [1.165, 1.54) is 4.90 Å². The van der Waals surface area contributed by atoms with Crippen molar-refractivity contribution >= 4 is 70.9 Å². The van der Waals surface area contributed by atoms with Gasteiger partial charge in [-0.25, -0.2) is 14.4 Å². The topological polar surface area (TPSA) is 249 Å². The van der Waals surface area contributed by atoms with E-state index in [9.17, 15) is 38.4 Å². The molecule has 1 aliphatic heterocycles. The Morgan fingerprint density at radius 3 is 1.69 bits per heavy atom. The molecule has 1 heterocycles. The highest BCUT2D eigenvalue weighted by atomic mass is 35.5. The summed E-state index contributed by atoms with van der Waals surface area (Å²) in [7, 11) is 0. The number of benzene rings is 5. The number of carbonyl (C=O) groups is 8. The normalized spacial score (nSPS) is 14.7. The smallest absolute Gasteiger partial charge is 0.410 e. The third kappa shape index (κ3) is 22.6. The number of hydrogen-bond acceptors (Lipinski definition) is 12. The summed E-state index contributed by atoms with van der Waals surface area (Å²) in [5.74, 6) is -4.50. The molecule has 6 rings (SSSR count). The highest BCUT2D eigenvalue weighted by Gasteiger charge is 2.39. The molecule has 0 aliphatic carbocycles. The predicted octanol–water partition coefficient (Wildman–Crippen LogP) is 9.33. The van der Waals surface area contributed by atoms with Crippen LogP contribution in [-0.2, 0) is 75.6 Å². The van der Waals surface area contributed by atoms with Gasteiger partial charge in [-0.3, -0.25) is 28.9 Å². The molecule has 1 aliphatic rings. The lowest BCUT2D eigenvalue weighted by Crippen LogP contribution is -2.60. The maximum atomic E-state index is 14.8. The molecular weight excluding hydrogens is 1150 g/mol. The Balaban J connectivity index is 1.22. The largest absolute Gasteiger partial charge is 0.489 e. The van der Waals surface area contributed by atoms with E-state index in [-0.39, 0.29) is 70.9 Å². The molecule has 7 amide bonds. The highest BCUT2D eigenvalue weighted by Crippen LogP contribution is 2.27. The zero-order valence-electron chi connectivity index (χ0n) is 50.4. The van der Waals surface area contributed by atoms with Gasteiger partial charge in [0.25, 0.3) is 0 Å². The van der Waals surface area contributed by atoms with E-state index in [1.807, 2.05) is 105 Å². The number of ether oxygens (including phenoxy) is 4. The maximum Gasteiger partial charge on any atom is 0.410 e. The maximum absolute atomic E-state index is 14.8. The molecule has 5 aromatic carbocycles. The summed E-state index contributed by atoms with van der Waals surface area (Å²) in [6, 6.07) is 32.0. The molecule has 0 radical (unpaired) electrons. The van der Waals surface area contributed by atoms with Gasteiger partial charge in [-0.1, -0.05) is 160 Å². The molecule has 87 heavy (non-hydrogen) atoms. The number of esters is 1. The van der Waals surface area contributed by atoms with Crippen LogP contribution in [0.3, 0.4) is 0 Å². The number of likely N-dealkylation sites (tertiary alicyclic amines) is 1. The summed E-state index contributed by atoms with van der Waals surface area (Å²) in [4.78, 5) is 114. The van der Waals surface area contributed by atoms with Crippen LogP contribution in [0.5, 0.6) is 5.75 Å². The number of carbonyl (C=O) groups excluding carboxylic acids is 8. The zero-order chi connectivity index (χ0) is 63.0. The quantitative estimate of drug-likeness (QED) is 0.0149. The second-order valence-corrected chi connectivity index (χ2v) is 24.0. The van der Waals surface area contributed by atoms with Crippen LogP contribution in [0.4, 0.5) is 9.59 Å². The lowest BCUT2D eigenvalue weighted by Gasteiger charge is -2.30. The summed E-state index contributed by atoms with van der Waals surface area (Å²) in [5, 5.41) is 17.7. The van der Waals surface area contributed by atoms with E-state index < -0.39 is 95.5 Å². The summed E-state index contributed by atoms with van der Waals surface area (Å²) in [5.41, 5.74) is 2.64. The first kappa shape index (κ1) is 68.0. The molecule has 5 aromatic rings. The second kappa shape index (κ2) is 33.7. The SMILES string of the molecule is CC(C)C[C@H](NC(=O)[C@H](CCCNC(=O)OCc1ccccc1)NC(=O)[C@@H](NC(=O)[C@@H](Cc1ccc(OCc2c(Cl)cccc2Cl)cc1)NC(=O)[C@@H]1CCCN1C(=O)OC(C)(C)C)C(C)C)C(=O)N[C@H](Cc1ccccc1)C(=O)OCc1ccccc1. The summed E-state index contributed by atoms with van der Waals surface area (Å²) >= 11 is 12.8. The first-order valence-corrected chi connectivity index (χ1v) is 30.1. The number of alkyl carbamates (subject to hydrolysis) is 1. The molecule has 0 spiro atoms. The van der Waals surface area contributed by atoms with Gasteiger partial charge in [-0.05, 0) is 111 Å². The fraction of sp³-hybridized carbons (Fsp3) is 0.424. The molecule has 466 valence electrons. The van der Waals surface area contributed by atoms with Crippen LogP contribution >= 0.6 is 23.2 Å². The average molecular weight is 1240 g/mol. The van der Waals surface area contributed by atoms with Crippen LogP contribution in [0, 0.1) is 11.8 Å². The van der Waals surface area contributed by atoms with Crippen LogP contribution in [0.1, 0.15) is 108 Å². The van der Waals surface area contributed by atoms with Crippen molar-refractivity contribution in [3.8, 4) is 5.75 Å². The van der Waals surface area contributed by atoms with E-state index >= 15 is 0 Å².